The van der Waals surface area contributed by atoms with Crippen molar-refractivity contribution in [3.8, 4) is 11.5 Å². The predicted octanol–water partition coefficient (Wildman–Crippen LogP) is 4.55. The summed E-state index contributed by atoms with van der Waals surface area (Å²) >= 11 is 0. The van der Waals surface area contributed by atoms with Crippen molar-refractivity contribution in [2.75, 3.05) is 19.5 Å². The van der Waals surface area contributed by atoms with Gasteiger partial charge in [-0.3, -0.25) is 9.59 Å². The zero-order valence-electron chi connectivity index (χ0n) is 18.0. The Balaban J connectivity index is 1.96. The maximum Gasteiger partial charge on any atom is 0.416 e. The number of hydrogen-bond donors (Lipinski definition) is 2. The van der Waals surface area contributed by atoms with E-state index in [0.29, 0.717) is 28.4 Å². The highest BCUT2D eigenvalue weighted by Crippen LogP contribution is 2.37. The molecule has 0 fully saturated rings. The average molecular weight is 448 g/mol. The minimum atomic E-state index is -4.47. The van der Waals surface area contributed by atoms with Crippen LogP contribution in [-0.4, -0.2) is 26.0 Å². The van der Waals surface area contributed by atoms with E-state index in [0.717, 1.165) is 17.7 Å². The molecule has 0 saturated heterocycles. The first kappa shape index (κ1) is 23.2. The first-order chi connectivity index (χ1) is 15.0. The number of allylic oxidation sites excluding steroid dienone is 1. The summed E-state index contributed by atoms with van der Waals surface area (Å²) in [6.07, 6.45) is -4.53. The Bertz CT molecular complexity index is 1080. The minimum absolute atomic E-state index is 0.0592. The van der Waals surface area contributed by atoms with Gasteiger partial charge in [0.25, 0.3) is 5.91 Å². The van der Waals surface area contributed by atoms with Gasteiger partial charge in [-0.1, -0.05) is 12.1 Å². The standard InChI is InChI=1S/C23H23F3N2O4/c1-12-9-18(31-3)19(32-4)11-17(12)28-22(30)21-13(2)27-20(29)10-16(21)14-5-7-15(8-6-14)23(24,25)26/h5-9,11,16H,10H2,1-4H3,(H,27,29)(H,28,30). The zero-order valence-corrected chi connectivity index (χ0v) is 18.0. The van der Waals surface area contributed by atoms with E-state index in [4.69, 9.17) is 9.47 Å². The van der Waals surface area contributed by atoms with E-state index in [1.807, 2.05) is 0 Å². The molecule has 3 rings (SSSR count). The number of carbonyl (C=O) groups excluding carboxylic acids is 2. The van der Waals surface area contributed by atoms with Crippen molar-refractivity contribution in [2.24, 2.45) is 0 Å². The van der Waals surface area contributed by atoms with Crippen LogP contribution in [-0.2, 0) is 15.8 Å². The fourth-order valence-corrected chi connectivity index (χ4v) is 3.70. The molecule has 1 aliphatic rings. The summed E-state index contributed by atoms with van der Waals surface area (Å²) in [5.41, 5.74) is 1.48. The number of hydrogen-bond acceptors (Lipinski definition) is 4. The van der Waals surface area contributed by atoms with E-state index in [-0.39, 0.29) is 17.9 Å². The van der Waals surface area contributed by atoms with Crippen LogP contribution in [0.4, 0.5) is 18.9 Å². The number of benzene rings is 2. The largest absolute Gasteiger partial charge is 0.493 e. The summed E-state index contributed by atoms with van der Waals surface area (Å²) in [7, 11) is 2.98. The Morgan fingerprint density at radius 2 is 1.66 bits per heavy atom. The maximum absolute atomic E-state index is 13.2. The Kier molecular flexibility index (Phi) is 6.47. The number of alkyl halides is 3. The number of methoxy groups -OCH3 is 2. The van der Waals surface area contributed by atoms with Crippen LogP contribution < -0.4 is 20.1 Å². The molecule has 9 heteroatoms. The lowest BCUT2D eigenvalue weighted by molar-refractivity contribution is -0.137. The van der Waals surface area contributed by atoms with Gasteiger partial charge >= 0.3 is 6.18 Å². The van der Waals surface area contributed by atoms with Crippen molar-refractivity contribution in [3.05, 3.63) is 64.4 Å². The summed E-state index contributed by atoms with van der Waals surface area (Å²) in [5.74, 6) is -0.540. The second kappa shape index (κ2) is 8.94. The van der Waals surface area contributed by atoms with E-state index < -0.39 is 23.6 Å². The molecule has 0 radical (unpaired) electrons. The molecular formula is C23H23F3N2O4. The lowest BCUT2D eigenvalue weighted by Crippen LogP contribution is -2.35. The third-order valence-electron chi connectivity index (χ3n) is 5.33. The SMILES string of the molecule is COc1cc(C)c(NC(=O)C2=C(C)NC(=O)CC2c2ccc(C(F)(F)F)cc2)cc1OC. The van der Waals surface area contributed by atoms with Crippen LogP contribution in [0.3, 0.4) is 0 Å². The minimum Gasteiger partial charge on any atom is -0.493 e. The van der Waals surface area contributed by atoms with Gasteiger partial charge in [0.1, 0.15) is 0 Å². The van der Waals surface area contributed by atoms with Crippen LogP contribution in [0.25, 0.3) is 0 Å². The van der Waals surface area contributed by atoms with E-state index in [9.17, 15) is 22.8 Å². The number of aryl methyl sites for hydroxylation is 1. The predicted molar refractivity (Wildman–Crippen MR) is 113 cm³/mol. The average Bonchev–Trinajstić information content (AvgIpc) is 2.73. The van der Waals surface area contributed by atoms with Crippen molar-refractivity contribution in [1.82, 2.24) is 5.32 Å². The van der Waals surface area contributed by atoms with Crippen LogP contribution >= 0.6 is 0 Å². The third-order valence-corrected chi connectivity index (χ3v) is 5.33. The molecule has 1 heterocycles. The molecule has 2 aromatic rings. The Hall–Kier alpha value is -3.49. The molecule has 0 aliphatic carbocycles. The number of rotatable bonds is 5. The summed E-state index contributed by atoms with van der Waals surface area (Å²) in [4.78, 5) is 25.4. The molecular weight excluding hydrogens is 425 g/mol. The molecule has 2 N–H and O–H groups in total. The summed E-state index contributed by atoms with van der Waals surface area (Å²) in [6, 6.07) is 7.83. The Labute approximate surface area is 183 Å². The quantitative estimate of drug-likeness (QED) is 0.704. The summed E-state index contributed by atoms with van der Waals surface area (Å²) in [5, 5.41) is 5.46. The molecule has 1 unspecified atom stereocenters. The number of anilines is 1. The molecule has 1 aliphatic heterocycles. The number of halogens is 3. The van der Waals surface area contributed by atoms with Crippen LogP contribution in [0, 0.1) is 6.92 Å². The van der Waals surface area contributed by atoms with E-state index in [1.165, 1.54) is 26.4 Å². The first-order valence-electron chi connectivity index (χ1n) is 9.77. The number of nitrogens with one attached hydrogen (secondary N) is 2. The first-order valence-corrected chi connectivity index (χ1v) is 9.77. The molecule has 0 bridgehead atoms. The van der Waals surface area contributed by atoms with Crippen LogP contribution in [0.1, 0.15) is 36.0 Å². The van der Waals surface area contributed by atoms with Gasteiger partial charge in [0.15, 0.2) is 11.5 Å². The fraction of sp³-hybridized carbons (Fsp3) is 0.304. The van der Waals surface area contributed by atoms with Gasteiger partial charge in [-0.05, 0) is 43.2 Å². The zero-order chi connectivity index (χ0) is 23.6. The molecule has 1 atom stereocenters. The Morgan fingerprint density at radius 3 is 2.22 bits per heavy atom. The monoisotopic (exact) mass is 448 g/mol. The molecule has 0 spiro atoms. The van der Waals surface area contributed by atoms with Gasteiger partial charge < -0.3 is 20.1 Å². The molecule has 2 amide bonds. The number of ether oxygens (including phenoxy) is 2. The highest BCUT2D eigenvalue weighted by Gasteiger charge is 2.34. The smallest absolute Gasteiger partial charge is 0.416 e. The van der Waals surface area contributed by atoms with Crippen molar-refractivity contribution >= 4 is 17.5 Å². The molecule has 6 nitrogen and oxygen atoms in total. The normalized spacial score (nSPS) is 16.5. The lowest BCUT2D eigenvalue weighted by Gasteiger charge is -2.27. The Morgan fingerprint density at radius 1 is 1.06 bits per heavy atom. The molecule has 2 aromatic carbocycles. The topological polar surface area (TPSA) is 76.7 Å². The van der Waals surface area contributed by atoms with Crippen LogP contribution in [0.5, 0.6) is 11.5 Å². The number of carbonyl (C=O) groups is 2. The van der Waals surface area contributed by atoms with Gasteiger partial charge in [-0.15, -0.1) is 0 Å². The van der Waals surface area contributed by atoms with Gasteiger partial charge in [0.2, 0.25) is 5.91 Å². The second-order valence-electron chi connectivity index (χ2n) is 7.44. The summed E-state index contributed by atoms with van der Waals surface area (Å²) < 4.78 is 49.3. The highest BCUT2D eigenvalue weighted by molar-refractivity contribution is 6.07. The van der Waals surface area contributed by atoms with Gasteiger partial charge in [0, 0.05) is 35.4 Å². The van der Waals surface area contributed by atoms with E-state index >= 15 is 0 Å². The van der Waals surface area contributed by atoms with Crippen LogP contribution in [0.2, 0.25) is 0 Å². The van der Waals surface area contributed by atoms with E-state index in [2.05, 4.69) is 10.6 Å². The fourth-order valence-electron chi connectivity index (χ4n) is 3.70. The lowest BCUT2D eigenvalue weighted by atomic mass is 9.83. The van der Waals surface area contributed by atoms with Gasteiger partial charge in [0.05, 0.1) is 19.8 Å². The molecule has 170 valence electrons. The van der Waals surface area contributed by atoms with Crippen molar-refractivity contribution in [3.63, 3.8) is 0 Å². The van der Waals surface area contributed by atoms with Crippen molar-refractivity contribution < 1.29 is 32.2 Å². The van der Waals surface area contributed by atoms with Gasteiger partial charge in [-0.2, -0.15) is 13.2 Å². The molecule has 32 heavy (non-hydrogen) atoms. The van der Waals surface area contributed by atoms with Crippen LogP contribution in [0.15, 0.2) is 47.7 Å². The van der Waals surface area contributed by atoms with Crippen molar-refractivity contribution in [1.29, 1.82) is 0 Å². The molecule has 0 saturated carbocycles. The highest BCUT2D eigenvalue weighted by atomic mass is 19.4. The van der Waals surface area contributed by atoms with Crippen molar-refractivity contribution in [2.45, 2.75) is 32.4 Å². The van der Waals surface area contributed by atoms with E-state index in [1.54, 1.807) is 26.0 Å². The maximum atomic E-state index is 13.2. The van der Waals surface area contributed by atoms with Gasteiger partial charge in [-0.25, -0.2) is 0 Å². The second-order valence-corrected chi connectivity index (χ2v) is 7.44. The molecule has 0 aromatic heterocycles. The number of amides is 2. The third kappa shape index (κ3) is 4.71. The summed E-state index contributed by atoms with van der Waals surface area (Å²) in [6.45, 7) is 3.37.